The molecule has 0 aromatic rings. The van der Waals surface area contributed by atoms with Crippen LogP contribution in [-0.4, -0.2) is 76.1 Å². The van der Waals surface area contributed by atoms with Crippen molar-refractivity contribution in [3.05, 3.63) is 0 Å². The van der Waals surface area contributed by atoms with Crippen molar-refractivity contribution in [3.63, 3.8) is 0 Å². The van der Waals surface area contributed by atoms with E-state index in [0.29, 0.717) is 0 Å². The third-order valence-corrected chi connectivity index (χ3v) is 2.96. The summed E-state index contributed by atoms with van der Waals surface area (Å²) < 4.78 is 28.5. The minimum absolute atomic E-state index is 0.927. The van der Waals surface area contributed by atoms with Crippen molar-refractivity contribution in [2.24, 2.45) is 0 Å². The molecule has 10 nitrogen and oxygen atoms in total. The van der Waals surface area contributed by atoms with E-state index in [2.05, 4.69) is 8.37 Å². The number of hydrogen-bond acceptors (Lipinski definition) is 10. The molecular weight excluding hydrogens is 264 g/mol. The molecular formula is C6H12O10S. The van der Waals surface area contributed by atoms with Crippen molar-refractivity contribution in [1.29, 1.82) is 0 Å². The summed E-state index contributed by atoms with van der Waals surface area (Å²) >= 11 is 0. The molecule has 0 radical (unpaired) electrons. The van der Waals surface area contributed by atoms with Crippen molar-refractivity contribution in [2.45, 2.75) is 30.4 Å². The molecule has 0 spiro atoms. The number of aliphatic hydroxyl groups is 6. The Morgan fingerprint density at radius 3 is 1.88 bits per heavy atom. The highest BCUT2D eigenvalue weighted by molar-refractivity contribution is 7.82. The highest BCUT2D eigenvalue weighted by atomic mass is 32.3. The van der Waals surface area contributed by atoms with Crippen LogP contribution in [0.1, 0.15) is 0 Å². The second-order valence-corrected chi connectivity index (χ2v) is 4.53. The fourth-order valence-electron chi connectivity index (χ4n) is 1.14. The van der Waals surface area contributed by atoms with Crippen LogP contribution in [0.25, 0.3) is 0 Å². The van der Waals surface area contributed by atoms with Gasteiger partial charge in [0, 0.05) is 0 Å². The summed E-state index contributed by atoms with van der Waals surface area (Å²) in [5.74, 6) is -3.03. The molecule has 17 heavy (non-hydrogen) atoms. The standard InChI is InChI=1S/C6H12O10S/c7-1-2(8)3(9)4(10)5(11)6(12)15-17(13,14)16-6/h2-5,7-12H,1H2/t2-,3+,4+,5+/m0/s1. The van der Waals surface area contributed by atoms with E-state index in [4.69, 9.17) is 10.2 Å². The van der Waals surface area contributed by atoms with Crippen LogP contribution in [0.5, 0.6) is 0 Å². The zero-order valence-corrected chi connectivity index (χ0v) is 9.06. The molecule has 0 aromatic carbocycles. The Balaban J connectivity index is 2.68. The largest absolute Gasteiger partial charge is 0.409 e. The lowest BCUT2D eigenvalue weighted by molar-refractivity contribution is -0.381. The predicted molar refractivity (Wildman–Crippen MR) is 47.2 cm³/mol. The normalized spacial score (nSPS) is 28.8. The minimum Gasteiger partial charge on any atom is -0.394 e. The van der Waals surface area contributed by atoms with E-state index in [1.807, 2.05) is 0 Å². The lowest BCUT2D eigenvalue weighted by Gasteiger charge is -2.39. The summed E-state index contributed by atoms with van der Waals surface area (Å²) in [4.78, 5) is 0. The third kappa shape index (κ3) is 2.90. The molecule has 0 aromatic heterocycles. The van der Waals surface area contributed by atoms with Gasteiger partial charge in [0.25, 0.3) is 0 Å². The Morgan fingerprint density at radius 1 is 1.06 bits per heavy atom. The summed E-state index contributed by atoms with van der Waals surface area (Å²) in [7, 11) is -4.43. The van der Waals surface area contributed by atoms with Crippen LogP contribution >= 0.6 is 0 Å². The molecule has 0 bridgehead atoms. The van der Waals surface area contributed by atoms with Gasteiger partial charge in [-0.05, 0) is 0 Å². The molecule has 1 rings (SSSR count). The molecule has 1 fully saturated rings. The summed E-state index contributed by atoms with van der Waals surface area (Å²) in [6, 6.07) is 0. The maximum Gasteiger partial charge on any atom is 0.409 e. The van der Waals surface area contributed by atoms with Crippen molar-refractivity contribution >= 4 is 10.4 Å². The van der Waals surface area contributed by atoms with Crippen molar-refractivity contribution in [3.8, 4) is 0 Å². The van der Waals surface area contributed by atoms with Gasteiger partial charge in [0.1, 0.15) is 18.3 Å². The summed E-state index contributed by atoms with van der Waals surface area (Å²) in [6.07, 6.45) is -8.44. The minimum atomic E-state index is -4.43. The van der Waals surface area contributed by atoms with Crippen molar-refractivity contribution < 1.29 is 47.4 Å². The van der Waals surface area contributed by atoms with Gasteiger partial charge in [-0.1, -0.05) is 0 Å². The monoisotopic (exact) mass is 276 g/mol. The van der Waals surface area contributed by atoms with Crippen LogP contribution in [0.15, 0.2) is 0 Å². The fraction of sp³-hybridized carbons (Fsp3) is 1.00. The second kappa shape index (κ2) is 4.72. The van der Waals surface area contributed by atoms with E-state index in [1.165, 1.54) is 0 Å². The van der Waals surface area contributed by atoms with Gasteiger partial charge in [-0.2, -0.15) is 16.8 Å². The van der Waals surface area contributed by atoms with Gasteiger partial charge in [0.2, 0.25) is 0 Å². The van der Waals surface area contributed by atoms with Gasteiger partial charge in [0.15, 0.2) is 6.10 Å². The van der Waals surface area contributed by atoms with Crippen LogP contribution in [0.3, 0.4) is 0 Å². The molecule has 11 heteroatoms. The summed E-state index contributed by atoms with van der Waals surface area (Å²) in [5, 5.41) is 54.3. The first-order valence-electron chi connectivity index (χ1n) is 4.34. The lowest BCUT2D eigenvalue weighted by atomic mass is 10.0. The average molecular weight is 276 g/mol. The zero-order chi connectivity index (χ0) is 13.4. The molecule has 0 amide bonds. The molecule has 0 aliphatic carbocycles. The van der Waals surface area contributed by atoms with E-state index < -0.39 is 47.4 Å². The molecule has 102 valence electrons. The van der Waals surface area contributed by atoms with Crippen LogP contribution in [0.2, 0.25) is 0 Å². The highest BCUT2D eigenvalue weighted by Gasteiger charge is 2.60. The Hall–Kier alpha value is -0.370. The van der Waals surface area contributed by atoms with Crippen LogP contribution in [0.4, 0.5) is 0 Å². The molecule has 6 N–H and O–H groups in total. The maximum atomic E-state index is 10.4. The second-order valence-electron chi connectivity index (χ2n) is 3.38. The van der Waals surface area contributed by atoms with Gasteiger partial charge in [-0.3, -0.25) is 0 Å². The highest BCUT2D eigenvalue weighted by Crippen LogP contribution is 2.33. The fourth-order valence-corrected chi connectivity index (χ4v) is 1.93. The topological polar surface area (TPSA) is 174 Å². The number of rotatable bonds is 5. The molecule has 1 saturated heterocycles. The summed E-state index contributed by atoms with van der Waals surface area (Å²) in [5.41, 5.74) is 0. The molecule has 0 saturated carbocycles. The first-order valence-corrected chi connectivity index (χ1v) is 5.68. The zero-order valence-electron chi connectivity index (χ0n) is 8.24. The van der Waals surface area contributed by atoms with Crippen molar-refractivity contribution in [1.82, 2.24) is 0 Å². The number of aliphatic hydroxyl groups excluding tert-OH is 5. The van der Waals surface area contributed by atoms with Gasteiger partial charge in [-0.15, -0.1) is 0 Å². The molecule has 1 heterocycles. The Bertz CT molecular complexity index is 353. The van der Waals surface area contributed by atoms with Gasteiger partial charge in [-0.25, -0.2) is 0 Å². The first-order chi connectivity index (χ1) is 7.63. The molecule has 1 aliphatic heterocycles. The lowest BCUT2D eigenvalue weighted by Crippen LogP contribution is -2.64. The van der Waals surface area contributed by atoms with E-state index in [9.17, 15) is 28.8 Å². The van der Waals surface area contributed by atoms with Gasteiger partial charge >= 0.3 is 16.4 Å². The summed E-state index contributed by atoms with van der Waals surface area (Å²) in [6.45, 7) is -0.927. The van der Waals surface area contributed by atoms with E-state index in [-0.39, 0.29) is 0 Å². The maximum absolute atomic E-state index is 10.4. The predicted octanol–water partition coefficient (Wildman–Crippen LogP) is -4.64. The smallest absolute Gasteiger partial charge is 0.394 e. The van der Waals surface area contributed by atoms with E-state index in [1.54, 1.807) is 0 Å². The third-order valence-electron chi connectivity index (χ3n) is 2.07. The van der Waals surface area contributed by atoms with Crippen LogP contribution < -0.4 is 0 Å². The van der Waals surface area contributed by atoms with Gasteiger partial charge in [0.05, 0.1) is 6.61 Å². The van der Waals surface area contributed by atoms with Crippen LogP contribution in [0, 0.1) is 0 Å². The first kappa shape index (κ1) is 14.7. The van der Waals surface area contributed by atoms with E-state index in [0.717, 1.165) is 0 Å². The molecule has 4 atom stereocenters. The van der Waals surface area contributed by atoms with Crippen LogP contribution in [-0.2, 0) is 18.8 Å². The Kier molecular flexibility index (Phi) is 4.08. The van der Waals surface area contributed by atoms with Gasteiger partial charge < -0.3 is 30.6 Å². The average Bonchev–Trinajstić information content (AvgIpc) is 2.21. The Morgan fingerprint density at radius 2 is 1.53 bits per heavy atom. The SMILES string of the molecule is O=S1(=O)OC(O)([C@H](O)[C@H](O)[C@H](O)[C@@H](O)CO)O1. The number of hydrogen-bond donors (Lipinski definition) is 6. The Labute approximate surface area is 95.6 Å². The molecule has 0 unspecified atom stereocenters. The van der Waals surface area contributed by atoms with E-state index >= 15 is 0 Å². The molecule has 1 aliphatic rings. The quantitative estimate of drug-likeness (QED) is 0.286. The van der Waals surface area contributed by atoms with Crippen molar-refractivity contribution in [2.75, 3.05) is 6.61 Å².